The highest BCUT2D eigenvalue weighted by atomic mass is 32.2. The van der Waals surface area contributed by atoms with Gasteiger partial charge in [0, 0.05) is 10.5 Å². The highest BCUT2D eigenvalue weighted by molar-refractivity contribution is 7.99. The fraction of sp³-hybridized carbons (Fsp3) is 0.125. The number of rotatable bonds is 4. The summed E-state index contributed by atoms with van der Waals surface area (Å²) in [4.78, 5) is 13.0. The van der Waals surface area contributed by atoms with Crippen molar-refractivity contribution in [1.82, 2.24) is 5.32 Å². The molecule has 0 heterocycles. The third kappa shape index (κ3) is 3.87. The SMILES string of the molecule is CC(NC(=O)c1ccccc1)Sc1ccc(C#N)cc1. The van der Waals surface area contributed by atoms with Crippen LogP contribution in [0.25, 0.3) is 0 Å². The Morgan fingerprint density at radius 3 is 2.40 bits per heavy atom. The third-order valence-corrected chi connectivity index (χ3v) is 3.68. The minimum Gasteiger partial charge on any atom is -0.340 e. The lowest BCUT2D eigenvalue weighted by Gasteiger charge is -2.13. The Morgan fingerprint density at radius 2 is 1.80 bits per heavy atom. The van der Waals surface area contributed by atoms with Gasteiger partial charge in [0.15, 0.2) is 0 Å². The molecule has 1 N–H and O–H groups in total. The summed E-state index contributed by atoms with van der Waals surface area (Å²) in [7, 11) is 0. The standard InChI is InChI=1S/C16H14N2OS/c1-12(18-16(19)14-5-3-2-4-6-14)20-15-9-7-13(11-17)8-10-15/h2-10,12H,1H3,(H,18,19). The molecule has 4 heteroatoms. The Bertz CT molecular complexity index is 617. The lowest BCUT2D eigenvalue weighted by Crippen LogP contribution is -2.30. The number of amides is 1. The number of carbonyl (C=O) groups is 1. The number of nitrogens with one attached hydrogen (secondary N) is 1. The Kier molecular flexibility index (Phi) is 4.80. The van der Waals surface area contributed by atoms with E-state index in [2.05, 4.69) is 11.4 Å². The van der Waals surface area contributed by atoms with Crippen molar-refractivity contribution >= 4 is 17.7 Å². The second-order valence-corrected chi connectivity index (χ2v) is 5.65. The van der Waals surface area contributed by atoms with Crippen molar-refractivity contribution in [2.75, 3.05) is 0 Å². The molecule has 3 nitrogen and oxygen atoms in total. The lowest BCUT2D eigenvalue weighted by atomic mass is 10.2. The van der Waals surface area contributed by atoms with E-state index in [0.29, 0.717) is 11.1 Å². The van der Waals surface area contributed by atoms with E-state index in [1.165, 1.54) is 0 Å². The summed E-state index contributed by atoms with van der Waals surface area (Å²) in [6.45, 7) is 1.93. The molecule has 0 aliphatic heterocycles. The van der Waals surface area contributed by atoms with Gasteiger partial charge >= 0.3 is 0 Å². The largest absolute Gasteiger partial charge is 0.340 e. The Morgan fingerprint density at radius 1 is 1.15 bits per heavy atom. The van der Waals surface area contributed by atoms with Gasteiger partial charge in [0.1, 0.15) is 0 Å². The predicted octanol–water partition coefficient (Wildman–Crippen LogP) is 3.43. The van der Waals surface area contributed by atoms with E-state index in [1.54, 1.807) is 36.0 Å². The molecule has 0 aromatic heterocycles. The minimum atomic E-state index is -0.0840. The quantitative estimate of drug-likeness (QED) is 0.690. The number of hydrogen-bond acceptors (Lipinski definition) is 3. The average Bonchev–Trinajstić information content (AvgIpc) is 2.49. The molecule has 0 radical (unpaired) electrons. The first-order chi connectivity index (χ1) is 9.69. The summed E-state index contributed by atoms with van der Waals surface area (Å²) in [5, 5.41) is 11.6. The zero-order valence-corrected chi connectivity index (χ0v) is 11.9. The van der Waals surface area contributed by atoms with Crippen LogP contribution in [0.15, 0.2) is 59.5 Å². The van der Waals surface area contributed by atoms with Gasteiger partial charge in [-0.05, 0) is 43.3 Å². The number of benzene rings is 2. The Balaban J connectivity index is 1.93. The van der Waals surface area contributed by atoms with Gasteiger partial charge in [-0.25, -0.2) is 0 Å². The molecule has 1 unspecified atom stereocenters. The van der Waals surface area contributed by atoms with Crippen LogP contribution in [0.3, 0.4) is 0 Å². The van der Waals surface area contributed by atoms with Gasteiger partial charge in [-0.1, -0.05) is 18.2 Å². The summed E-state index contributed by atoms with van der Waals surface area (Å²) >= 11 is 1.54. The summed E-state index contributed by atoms with van der Waals surface area (Å²) in [5.74, 6) is -0.0840. The van der Waals surface area contributed by atoms with Gasteiger partial charge in [0.05, 0.1) is 17.0 Å². The molecular formula is C16H14N2OS. The van der Waals surface area contributed by atoms with Gasteiger partial charge in [-0.2, -0.15) is 5.26 Å². The topological polar surface area (TPSA) is 52.9 Å². The van der Waals surface area contributed by atoms with Crippen LogP contribution in [0, 0.1) is 11.3 Å². The van der Waals surface area contributed by atoms with Gasteiger partial charge in [-0.15, -0.1) is 11.8 Å². The maximum atomic E-state index is 12.0. The summed E-state index contributed by atoms with van der Waals surface area (Å²) in [6, 6.07) is 18.5. The van der Waals surface area contributed by atoms with Crippen molar-refractivity contribution in [3.05, 3.63) is 65.7 Å². The van der Waals surface area contributed by atoms with Crippen molar-refractivity contribution in [3.63, 3.8) is 0 Å². The van der Waals surface area contributed by atoms with Crippen LogP contribution in [-0.4, -0.2) is 11.3 Å². The van der Waals surface area contributed by atoms with E-state index in [0.717, 1.165) is 4.90 Å². The maximum Gasteiger partial charge on any atom is 0.252 e. The molecule has 2 aromatic carbocycles. The lowest BCUT2D eigenvalue weighted by molar-refractivity contribution is 0.0952. The molecule has 0 aliphatic carbocycles. The monoisotopic (exact) mass is 282 g/mol. The maximum absolute atomic E-state index is 12.0. The molecule has 2 rings (SSSR count). The van der Waals surface area contributed by atoms with Crippen LogP contribution >= 0.6 is 11.8 Å². The van der Waals surface area contributed by atoms with Crippen LogP contribution in [-0.2, 0) is 0 Å². The van der Waals surface area contributed by atoms with Crippen LogP contribution in [0.2, 0.25) is 0 Å². The first kappa shape index (κ1) is 14.2. The Labute approximate surface area is 122 Å². The first-order valence-corrected chi connectivity index (χ1v) is 7.10. The van der Waals surface area contributed by atoms with E-state index in [9.17, 15) is 4.79 Å². The fourth-order valence-electron chi connectivity index (χ4n) is 1.70. The third-order valence-electron chi connectivity index (χ3n) is 2.67. The number of hydrogen-bond donors (Lipinski definition) is 1. The zero-order chi connectivity index (χ0) is 14.4. The molecule has 1 amide bonds. The molecule has 2 aromatic rings. The van der Waals surface area contributed by atoms with Crippen molar-refractivity contribution in [2.45, 2.75) is 17.2 Å². The first-order valence-electron chi connectivity index (χ1n) is 6.22. The smallest absolute Gasteiger partial charge is 0.252 e. The van der Waals surface area contributed by atoms with E-state index in [4.69, 9.17) is 5.26 Å². The molecule has 0 saturated heterocycles. The number of nitriles is 1. The van der Waals surface area contributed by atoms with E-state index < -0.39 is 0 Å². The van der Waals surface area contributed by atoms with Crippen LogP contribution in [0.5, 0.6) is 0 Å². The molecule has 0 fully saturated rings. The van der Waals surface area contributed by atoms with Crippen LogP contribution < -0.4 is 5.32 Å². The highest BCUT2D eigenvalue weighted by Crippen LogP contribution is 2.22. The van der Waals surface area contributed by atoms with E-state index >= 15 is 0 Å². The predicted molar refractivity (Wildman–Crippen MR) is 80.4 cm³/mol. The van der Waals surface area contributed by atoms with E-state index in [-0.39, 0.29) is 11.3 Å². The minimum absolute atomic E-state index is 0.0457. The summed E-state index contributed by atoms with van der Waals surface area (Å²) in [5.41, 5.74) is 1.29. The van der Waals surface area contributed by atoms with Crippen LogP contribution in [0.1, 0.15) is 22.8 Å². The van der Waals surface area contributed by atoms with Crippen molar-refractivity contribution in [2.24, 2.45) is 0 Å². The van der Waals surface area contributed by atoms with Gasteiger partial charge in [-0.3, -0.25) is 4.79 Å². The molecule has 1 atom stereocenters. The molecule has 100 valence electrons. The summed E-state index contributed by atoms with van der Waals surface area (Å²) in [6.07, 6.45) is 0. The highest BCUT2D eigenvalue weighted by Gasteiger charge is 2.10. The molecular weight excluding hydrogens is 268 g/mol. The second kappa shape index (κ2) is 6.78. The Hall–Kier alpha value is -2.25. The van der Waals surface area contributed by atoms with Gasteiger partial charge in [0.2, 0.25) is 0 Å². The normalized spacial score (nSPS) is 11.4. The molecule has 20 heavy (non-hydrogen) atoms. The van der Waals surface area contributed by atoms with Crippen LogP contribution in [0.4, 0.5) is 0 Å². The van der Waals surface area contributed by atoms with Crippen molar-refractivity contribution in [1.29, 1.82) is 5.26 Å². The van der Waals surface area contributed by atoms with Crippen molar-refractivity contribution in [3.8, 4) is 6.07 Å². The van der Waals surface area contributed by atoms with E-state index in [1.807, 2.05) is 37.3 Å². The van der Waals surface area contributed by atoms with Crippen molar-refractivity contribution < 1.29 is 4.79 Å². The van der Waals surface area contributed by atoms with Gasteiger partial charge < -0.3 is 5.32 Å². The molecule has 0 saturated carbocycles. The number of nitrogens with zero attached hydrogens (tertiary/aromatic N) is 1. The number of thioether (sulfide) groups is 1. The average molecular weight is 282 g/mol. The fourth-order valence-corrected chi connectivity index (χ4v) is 2.57. The summed E-state index contributed by atoms with van der Waals surface area (Å²) < 4.78 is 0. The molecule has 0 spiro atoms. The van der Waals surface area contributed by atoms with Gasteiger partial charge in [0.25, 0.3) is 5.91 Å². The second-order valence-electron chi connectivity index (χ2n) is 4.24. The molecule has 0 bridgehead atoms. The molecule has 0 aliphatic rings. The zero-order valence-electron chi connectivity index (χ0n) is 11.0. The number of carbonyl (C=O) groups excluding carboxylic acids is 1.